The van der Waals surface area contributed by atoms with Crippen molar-refractivity contribution in [2.45, 2.75) is 45.3 Å². The fraction of sp³-hybridized carbons (Fsp3) is 0.333. The molecule has 0 aliphatic carbocycles. The summed E-state index contributed by atoms with van der Waals surface area (Å²) in [7, 11) is 0. The molecule has 2 aliphatic heterocycles. The third kappa shape index (κ3) is 5.17. The van der Waals surface area contributed by atoms with E-state index in [-0.39, 0.29) is 30.7 Å². The van der Waals surface area contributed by atoms with Crippen LogP contribution in [-0.2, 0) is 27.5 Å². The third-order valence-electron chi connectivity index (χ3n) is 5.94. The Morgan fingerprint density at radius 1 is 1.18 bits per heavy atom. The number of aryl methyl sites for hydroxylation is 1. The van der Waals surface area contributed by atoms with Crippen LogP contribution in [0.15, 0.2) is 36.4 Å². The van der Waals surface area contributed by atoms with Gasteiger partial charge in [0.15, 0.2) is 0 Å². The molecule has 0 spiro atoms. The van der Waals surface area contributed by atoms with Crippen molar-refractivity contribution >= 4 is 40.9 Å². The number of nitrogens with zero attached hydrogens (tertiary/aromatic N) is 1. The SMILES string of the molecule is Cc1ccc(NCC(=O)NCc2ccc3c(c2)CN([C@H]2CCCC(=O)NC2=O)C3=O)cc1Cl. The number of anilines is 1. The summed E-state index contributed by atoms with van der Waals surface area (Å²) in [4.78, 5) is 50.6. The van der Waals surface area contributed by atoms with Crippen molar-refractivity contribution in [3.05, 3.63) is 63.7 Å². The highest BCUT2D eigenvalue weighted by Crippen LogP contribution is 2.28. The third-order valence-corrected chi connectivity index (χ3v) is 6.35. The first-order valence-electron chi connectivity index (χ1n) is 10.8. The lowest BCUT2D eigenvalue weighted by Gasteiger charge is -2.24. The molecule has 1 saturated heterocycles. The summed E-state index contributed by atoms with van der Waals surface area (Å²) < 4.78 is 0. The number of benzene rings is 2. The highest BCUT2D eigenvalue weighted by Gasteiger charge is 2.37. The van der Waals surface area contributed by atoms with Crippen molar-refractivity contribution in [1.82, 2.24) is 15.5 Å². The molecule has 2 aromatic carbocycles. The Labute approximate surface area is 196 Å². The Kier molecular flexibility index (Phi) is 6.65. The number of hydrogen-bond acceptors (Lipinski definition) is 5. The molecule has 4 amide bonds. The van der Waals surface area contributed by atoms with Crippen LogP contribution in [0.4, 0.5) is 5.69 Å². The lowest BCUT2D eigenvalue weighted by molar-refractivity contribution is -0.132. The molecule has 0 radical (unpaired) electrons. The first kappa shape index (κ1) is 22.8. The van der Waals surface area contributed by atoms with Crippen molar-refractivity contribution in [3.8, 4) is 0 Å². The molecular weight excluding hydrogens is 444 g/mol. The van der Waals surface area contributed by atoms with Gasteiger partial charge in [-0.15, -0.1) is 0 Å². The summed E-state index contributed by atoms with van der Waals surface area (Å²) in [5, 5.41) is 8.89. The molecule has 33 heavy (non-hydrogen) atoms. The van der Waals surface area contributed by atoms with E-state index in [1.807, 2.05) is 25.1 Å². The lowest BCUT2D eigenvalue weighted by atomic mass is 10.1. The molecule has 0 aromatic heterocycles. The molecule has 172 valence electrons. The molecule has 3 N–H and O–H groups in total. The predicted octanol–water partition coefficient (Wildman–Crippen LogP) is 2.53. The molecule has 8 nitrogen and oxygen atoms in total. The van der Waals surface area contributed by atoms with E-state index in [0.717, 1.165) is 22.4 Å². The van der Waals surface area contributed by atoms with Crippen molar-refractivity contribution in [2.75, 3.05) is 11.9 Å². The molecule has 1 atom stereocenters. The highest BCUT2D eigenvalue weighted by atomic mass is 35.5. The summed E-state index contributed by atoms with van der Waals surface area (Å²) >= 11 is 6.10. The number of hydrogen-bond donors (Lipinski definition) is 3. The minimum atomic E-state index is -0.652. The van der Waals surface area contributed by atoms with E-state index in [1.165, 1.54) is 4.90 Å². The first-order chi connectivity index (χ1) is 15.8. The van der Waals surface area contributed by atoms with E-state index in [0.29, 0.717) is 36.5 Å². The minimum Gasteiger partial charge on any atom is -0.376 e. The number of rotatable bonds is 6. The van der Waals surface area contributed by atoms with Gasteiger partial charge >= 0.3 is 0 Å². The largest absolute Gasteiger partial charge is 0.376 e. The number of fused-ring (bicyclic) bond motifs is 1. The maximum atomic E-state index is 12.9. The summed E-state index contributed by atoms with van der Waals surface area (Å²) in [5.74, 6) is -1.11. The minimum absolute atomic E-state index is 0.103. The van der Waals surface area contributed by atoms with E-state index in [4.69, 9.17) is 11.6 Å². The van der Waals surface area contributed by atoms with Crippen LogP contribution >= 0.6 is 11.6 Å². The van der Waals surface area contributed by atoms with Gasteiger partial charge in [0.1, 0.15) is 6.04 Å². The van der Waals surface area contributed by atoms with Gasteiger partial charge in [-0.2, -0.15) is 0 Å². The van der Waals surface area contributed by atoms with E-state index >= 15 is 0 Å². The van der Waals surface area contributed by atoms with Gasteiger partial charge in [0.05, 0.1) is 6.54 Å². The van der Waals surface area contributed by atoms with Gasteiger partial charge in [-0.3, -0.25) is 24.5 Å². The zero-order chi connectivity index (χ0) is 23.5. The van der Waals surface area contributed by atoms with E-state index < -0.39 is 11.9 Å². The van der Waals surface area contributed by atoms with Crippen LogP contribution in [-0.4, -0.2) is 41.1 Å². The second kappa shape index (κ2) is 9.62. The predicted molar refractivity (Wildman–Crippen MR) is 124 cm³/mol. The number of imide groups is 1. The van der Waals surface area contributed by atoms with Crippen LogP contribution in [0.25, 0.3) is 0 Å². The van der Waals surface area contributed by atoms with Crippen LogP contribution in [0.3, 0.4) is 0 Å². The van der Waals surface area contributed by atoms with E-state index in [2.05, 4.69) is 16.0 Å². The first-order valence-corrected chi connectivity index (χ1v) is 11.2. The fourth-order valence-corrected chi connectivity index (χ4v) is 4.25. The molecule has 1 fully saturated rings. The van der Waals surface area contributed by atoms with E-state index in [1.54, 1.807) is 18.2 Å². The van der Waals surface area contributed by atoms with Crippen LogP contribution in [0.1, 0.15) is 46.3 Å². The number of carbonyl (C=O) groups excluding carboxylic acids is 4. The van der Waals surface area contributed by atoms with Crippen molar-refractivity contribution in [1.29, 1.82) is 0 Å². The van der Waals surface area contributed by atoms with Gasteiger partial charge in [0.25, 0.3) is 5.91 Å². The van der Waals surface area contributed by atoms with Crippen molar-refractivity contribution in [3.63, 3.8) is 0 Å². The maximum Gasteiger partial charge on any atom is 0.255 e. The topological polar surface area (TPSA) is 108 Å². The smallest absolute Gasteiger partial charge is 0.255 e. The number of carbonyl (C=O) groups is 4. The van der Waals surface area contributed by atoms with Crippen LogP contribution in [0, 0.1) is 6.92 Å². The summed E-state index contributed by atoms with van der Waals surface area (Å²) in [5.41, 5.74) is 3.94. The normalized spacial score (nSPS) is 17.9. The van der Waals surface area contributed by atoms with Crippen molar-refractivity contribution < 1.29 is 19.2 Å². The van der Waals surface area contributed by atoms with Gasteiger partial charge < -0.3 is 15.5 Å². The highest BCUT2D eigenvalue weighted by molar-refractivity contribution is 6.31. The van der Waals surface area contributed by atoms with Crippen LogP contribution in [0.5, 0.6) is 0 Å². The number of amides is 4. The second-order valence-electron chi connectivity index (χ2n) is 8.34. The monoisotopic (exact) mass is 468 g/mol. The molecule has 0 bridgehead atoms. The molecular formula is C24H25ClN4O4. The standard InChI is InChI=1S/C24H25ClN4O4/c1-14-5-7-17(10-19(14)25)26-12-22(31)27-11-15-6-8-18-16(9-15)13-29(24(18)33)20-3-2-4-21(30)28-23(20)32/h5-10,20,26H,2-4,11-13H2,1H3,(H,27,31)(H,28,30,32)/t20-/m0/s1. The van der Waals surface area contributed by atoms with Gasteiger partial charge in [-0.25, -0.2) is 0 Å². The molecule has 2 aliphatic rings. The molecule has 2 heterocycles. The van der Waals surface area contributed by atoms with Gasteiger partial charge in [-0.1, -0.05) is 29.8 Å². The summed E-state index contributed by atoms with van der Waals surface area (Å²) in [6.07, 6.45) is 1.30. The number of nitrogens with one attached hydrogen (secondary N) is 3. The van der Waals surface area contributed by atoms with Gasteiger partial charge in [-0.05, 0) is 54.7 Å². The molecule has 9 heteroatoms. The Morgan fingerprint density at radius 2 is 2.00 bits per heavy atom. The van der Waals surface area contributed by atoms with Crippen LogP contribution < -0.4 is 16.0 Å². The lowest BCUT2D eigenvalue weighted by Crippen LogP contribution is -2.46. The van der Waals surface area contributed by atoms with E-state index in [9.17, 15) is 19.2 Å². The summed E-state index contributed by atoms with van der Waals surface area (Å²) in [6, 6.07) is 10.3. The molecule has 4 rings (SSSR count). The zero-order valence-electron chi connectivity index (χ0n) is 18.2. The quantitative estimate of drug-likeness (QED) is 0.565. The van der Waals surface area contributed by atoms with Crippen LogP contribution in [0.2, 0.25) is 5.02 Å². The Balaban J connectivity index is 1.34. The Morgan fingerprint density at radius 3 is 2.79 bits per heavy atom. The van der Waals surface area contributed by atoms with Gasteiger partial charge in [0.2, 0.25) is 17.7 Å². The average molecular weight is 469 g/mol. The van der Waals surface area contributed by atoms with Crippen molar-refractivity contribution in [2.24, 2.45) is 0 Å². The Hall–Kier alpha value is -3.39. The molecule has 0 saturated carbocycles. The molecule has 2 aromatic rings. The second-order valence-corrected chi connectivity index (χ2v) is 8.75. The fourth-order valence-electron chi connectivity index (χ4n) is 4.07. The van der Waals surface area contributed by atoms with Gasteiger partial charge in [0, 0.05) is 35.8 Å². The zero-order valence-corrected chi connectivity index (χ0v) is 19.0. The summed E-state index contributed by atoms with van der Waals surface area (Å²) in [6.45, 7) is 2.63. The average Bonchev–Trinajstić information content (AvgIpc) is 3.00. The Bertz CT molecular complexity index is 1130. The number of halogens is 1. The maximum absolute atomic E-state index is 12.9. The molecule has 0 unspecified atom stereocenters.